The van der Waals surface area contributed by atoms with Crippen molar-refractivity contribution in [1.29, 1.82) is 0 Å². The highest BCUT2D eigenvalue weighted by atomic mass is 19.4. The van der Waals surface area contributed by atoms with Gasteiger partial charge in [-0.3, -0.25) is 9.69 Å². The number of fused-ring (bicyclic) bond motifs is 1. The summed E-state index contributed by atoms with van der Waals surface area (Å²) >= 11 is 0. The molecule has 4 nitrogen and oxygen atoms in total. The van der Waals surface area contributed by atoms with E-state index in [2.05, 4.69) is 4.90 Å². The summed E-state index contributed by atoms with van der Waals surface area (Å²) in [6.07, 6.45) is -4.32. The van der Waals surface area contributed by atoms with Crippen molar-refractivity contribution in [1.82, 2.24) is 9.80 Å². The standard InChI is InChI=1S/C21H19F3N2O2/c22-21(23,24)17-7-5-15(6-8-17)14-25-9-11-26(12-10-25)20(27)19-13-16-3-1-2-4-18(16)28-19/h1-8,13H,9-12,14H2. The van der Waals surface area contributed by atoms with Crippen LogP contribution in [0.5, 0.6) is 0 Å². The predicted octanol–water partition coefficient (Wildman–Crippen LogP) is 4.41. The number of carbonyl (C=O) groups is 1. The van der Waals surface area contributed by atoms with Crippen LogP contribution >= 0.6 is 0 Å². The lowest BCUT2D eigenvalue weighted by atomic mass is 10.1. The van der Waals surface area contributed by atoms with Gasteiger partial charge >= 0.3 is 6.18 Å². The topological polar surface area (TPSA) is 36.7 Å². The van der Waals surface area contributed by atoms with Gasteiger partial charge in [0.05, 0.1) is 5.56 Å². The van der Waals surface area contributed by atoms with Gasteiger partial charge in [0.2, 0.25) is 0 Å². The molecule has 3 aromatic rings. The molecule has 0 saturated carbocycles. The van der Waals surface area contributed by atoms with Crippen LogP contribution in [0, 0.1) is 0 Å². The van der Waals surface area contributed by atoms with Gasteiger partial charge in [0.25, 0.3) is 5.91 Å². The van der Waals surface area contributed by atoms with E-state index in [-0.39, 0.29) is 5.91 Å². The first-order valence-corrected chi connectivity index (χ1v) is 9.06. The molecule has 146 valence electrons. The predicted molar refractivity (Wildman–Crippen MR) is 98.8 cm³/mol. The molecule has 4 rings (SSSR count). The number of hydrogen-bond acceptors (Lipinski definition) is 3. The minimum atomic E-state index is -4.32. The highest BCUT2D eigenvalue weighted by Crippen LogP contribution is 2.29. The Morgan fingerprint density at radius 3 is 2.29 bits per heavy atom. The van der Waals surface area contributed by atoms with Crippen LogP contribution < -0.4 is 0 Å². The molecule has 2 heterocycles. The number of hydrogen-bond donors (Lipinski definition) is 0. The lowest BCUT2D eigenvalue weighted by Crippen LogP contribution is -2.48. The molecule has 1 saturated heterocycles. The van der Waals surface area contributed by atoms with E-state index in [1.807, 2.05) is 24.3 Å². The van der Waals surface area contributed by atoms with Crippen LogP contribution in [0.15, 0.2) is 59.0 Å². The van der Waals surface area contributed by atoms with Gasteiger partial charge in [-0.1, -0.05) is 30.3 Å². The number of alkyl halides is 3. The van der Waals surface area contributed by atoms with Gasteiger partial charge in [-0.2, -0.15) is 13.2 Å². The maximum Gasteiger partial charge on any atom is 0.416 e. The zero-order valence-electron chi connectivity index (χ0n) is 15.1. The first-order valence-electron chi connectivity index (χ1n) is 9.06. The van der Waals surface area contributed by atoms with Crippen molar-refractivity contribution in [2.75, 3.05) is 26.2 Å². The maximum absolute atomic E-state index is 12.7. The molecule has 1 aromatic heterocycles. The fourth-order valence-electron chi connectivity index (χ4n) is 3.41. The van der Waals surface area contributed by atoms with Crippen molar-refractivity contribution < 1.29 is 22.4 Å². The van der Waals surface area contributed by atoms with Crippen LogP contribution in [0.2, 0.25) is 0 Å². The summed E-state index contributed by atoms with van der Waals surface area (Å²) in [7, 11) is 0. The van der Waals surface area contributed by atoms with Crippen molar-refractivity contribution in [3.8, 4) is 0 Å². The SMILES string of the molecule is O=C(c1cc2ccccc2o1)N1CCN(Cc2ccc(C(F)(F)F)cc2)CC1. The number of amides is 1. The summed E-state index contributed by atoms with van der Waals surface area (Å²) < 4.78 is 43.6. The van der Waals surface area contributed by atoms with Crippen LogP contribution in [-0.4, -0.2) is 41.9 Å². The number of furan rings is 1. The zero-order chi connectivity index (χ0) is 19.7. The second-order valence-corrected chi connectivity index (χ2v) is 6.91. The molecule has 28 heavy (non-hydrogen) atoms. The second kappa shape index (κ2) is 7.31. The van der Waals surface area contributed by atoms with Crippen LogP contribution in [0.25, 0.3) is 11.0 Å². The summed E-state index contributed by atoms with van der Waals surface area (Å²) in [4.78, 5) is 16.6. The number of halogens is 3. The van der Waals surface area contributed by atoms with Gasteiger partial charge in [0, 0.05) is 38.1 Å². The monoisotopic (exact) mass is 388 g/mol. The Kier molecular flexibility index (Phi) is 4.85. The maximum atomic E-state index is 12.7. The van der Waals surface area contributed by atoms with Crippen molar-refractivity contribution >= 4 is 16.9 Å². The number of carbonyl (C=O) groups excluding carboxylic acids is 1. The molecule has 0 N–H and O–H groups in total. The van der Waals surface area contributed by atoms with E-state index in [0.717, 1.165) is 23.1 Å². The molecule has 1 aliphatic rings. The number of piperazine rings is 1. The third-order valence-electron chi connectivity index (χ3n) is 4.98. The smallest absolute Gasteiger partial charge is 0.416 e. The largest absolute Gasteiger partial charge is 0.451 e. The summed E-state index contributed by atoms with van der Waals surface area (Å²) in [6, 6.07) is 14.5. The molecule has 0 bridgehead atoms. The molecule has 0 radical (unpaired) electrons. The number of para-hydroxylation sites is 1. The second-order valence-electron chi connectivity index (χ2n) is 6.91. The Morgan fingerprint density at radius 2 is 1.64 bits per heavy atom. The molecule has 1 aliphatic heterocycles. The third-order valence-corrected chi connectivity index (χ3v) is 4.98. The number of benzene rings is 2. The molecule has 0 aliphatic carbocycles. The lowest BCUT2D eigenvalue weighted by Gasteiger charge is -2.34. The van der Waals surface area contributed by atoms with E-state index in [1.165, 1.54) is 12.1 Å². The Hall–Kier alpha value is -2.80. The first-order chi connectivity index (χ1) is 13.4. The molecule has 2 aromatic carbocycles. The summed E-state index contributed by atoms with van der Waals surface area (Å²) in [5, 5.41) is 0.895. The summed E-state index contributed by atoms with van der Waals surface area (Å²) in [5.41, 5.74) is 0.870. The van der Waals surface area contributed by atoms with E-state index < -0.39 is 11.7 Å². The highest BCUT2D eigenvalue weighted by molar-refractivity contribution is 5.96. The van der Waals surface area contributed by atoms with Gasteiger partial charge in [0.1, 0.15) is 5.58 Å². The lowest BCUT2D eigenvalue weighted by molar-refractivity contribution is -0.137. The summed E-state index contributed by atoms with van der Waals surface area (Å²) in [6.45, 7) is 2.98. The van der Waals surface area contributed by atoms with Crippen molar-refractivity contribution in [3.63, 3.8) is 0 Å². The van der Waals surface area contributed by atoms with E-state index in [1.54, 1.807) is 11.0 Å². The molecule has 1 amide bonds. The Balaban J connectivity index is 1.34. The minimum absolute atomic E-state index is 0.134. The normalized spacial score (nSPS) is 15.9. The van der Waals surface area contributed by atoms with E-state index in [0.29, 0.717) is 44.1 Å². The zero-order valence-corrected chi connectivity index (χ0v) is 15.1. The van der Waals surface area contributed by atoms with Gasteiger partial charge in [0.15, 0.2) is 5.76 Å². The minimum Gasteiger partial charge on any atom is -0.451 e. The fourth-order valence-corrected chi connectivity index (χ4v) is 3.41. The molecule has 1 fully saturated rings. The van der Waals surface area contributed by atoms with E-state index in [9.17, 15) is 18.0 Å². The molecular formula is C21H19F3N2O2. The molecule has 0 atom stereocenters. The quantitative estimate of drug-likeness (QED) is 0.667. The number of rotatable bonds is 3. The van der Waals surface area contributed by atoms with Gasteiger partial charge in [-0.15, -0.1) is 0 Å². The molecule has 0 unspecified atom stereocenters. The summed E-state index contributed by atoms with van der Waals surface area (Å²) in [5.74, 6) is 0.197. The molecule has 0 spiro atoms. The first kappa shape index (κ1) is 18.6. The van der Waals surface area contributed by atoms with Crippen LogP contribution in [0.3, 0.4) is 0 Å². The van der Waals surface area contributed by atoms with Crippen molar-refractivity contribution in [2.45, 2.75) is 12.7 Å². The van der Waals surface area contributed by atoms with Gasteiger partial charge in [-0.05, 0) is 29.8 Å². The highest BCUT2D eigenvalue weighted by Gasteiger charge is 2.30. The van der Waals surface area contributed by atoms with Crippen LogP contribution in [-0.2, 0) is 12.7 Å². The van der Waals surface area contributed by atoms with Crippen LogP contribution in [0.1, 0.15) is 21.7 Å². The van der Waals surface area contributed by atoms with Gasteiger partial charge in [-0.25, -0.2) is 0 Å². The fraction of sp³-hybridized carbons (Fsp3) is 0.286. The molecular weight excluding hydrogens is 369 g/mol. The Labute approximate surface area is 160 Å². The average molecular weight is 388 g/mol. The van der Waals surface area contributed by atoms with E-state index in [4.69, 9.17) is 4.42 Å². The van der Waals surface area contributed by atoms with E-state index >= 15 is 0 Å². The Bertz CT molecular complexity index is 938. The Morgan fingerprint density at radius 1 is 0.964 bits per heavy atom. The van der Waals surface area contributed by atoms with Crippen LogP contribution in [0.4, 0.5) is 13.2 Å². The number of nitrogens with zero attached hydrogens (tertiary/aromatic N) is 2. The van der Waals surface area contributed by atoms with Gasteiger partial charge < -0.3 is 9.32 Å². The van der Waals surface area contributed by atoms with Crippen molar-refractivity contribution in [3.05, 3.63) is 71.5 Å². The molecule has 7 heteroatoms. The third kappa shape index (κ3) is 3.89. The van der Waals surface area contributed by atoms with Crippen molar-refractivity contribution in [2.24, 2.45) is 0 Å². The average Bonchev–Trinajstić information content (AvgIpc) is 3.12.